The maximum Gasteiger partial charge on any atom is 0.344 e. The van der Waals surface area contributed by atoms with Crippen molar-refractivity contribution in [1.82, 2.24) is 5.32 Å². The second-order valence-corrected chi connectivity index (χ2v) is 8.54. The van der Waals surface area contributed by atoms with E-state index in [1.807, 2.05) is 32.0 Å². The third kappa shape index (κ3) is 6.04. The van der Waals surface area contributed by atoms with Crippen LogP contribution in [0, 0.1) is 0 Å². The van der Waals surface area contributed by atoms with Gasteiger partial charge in [-0.3, -0.25) is 4.79 Å². The van der Waals surface area contributed by atoms with Crippen LogP contribution in [-0.2, 0) is 24.2 Å². The molecule has 0 bridgehead atoms. The van der Waals surface area contributed by atoms with Crippen molar-refractivity contribution in [3.63, 3.8) is 0 Å². The second-order valence-electron chi connectivity index (χ2n) is 6.31. The first-order chi connectivity index (χ1) is 11.8. The summed E-state index contributed by atoms with van der Waals surface area (Å²) in [5.41, 5.74) is 0.982. The van der Waals surface area contributed by atoms with E-state index in [1.165, 1.54) is 0 Å². The third-order valence-corrected chi connectivity index (χ3v) is 5.62. The SMILES string of the molecule is CC(C)c1ccccc1OCC(=O)OCC(=O)N[C@H]1CCS(=O)(=O)C1. The molecule has 7 nitrogen and oxygen atoms in total. The Balaban J connectivity index is 1.73. The standard InChI is InChI=1S/C17H23NO6S/c1-12(2)14-5-3-4-6-15(14)23-10-17(20)24-9-16(19)18-13-7-8-25(21,22)11-13/h3-6,12-13H,7-11H2,1-2H3,(H,18,19)/t13-/m0/s1. The minimum absolute atomic E-state index is 0.0677. The Hall–Kier alpha value is -2.09. The molecule has 1 aromatic rings. The van der Waals surface area contributed by atoms with E-state index in [2.05, 4.69) is 5.32 Å². The van der Waals surface area contributed by atoms with E-state index in [-0.39, 0.29) is 24.0 Å². The molecule has 1 aliphatic rings. The average molecular weight is 369 g/mol. The largest absolute Gasteiger partial charge is 0.482 e. The van der Waals surface area contributed by atoms with Gasteiger partial charge in [0.1, 0.15) is 5.75 Å². The van der Waals surface area contributed by atoms with Gasteiger partial charge in [-0.05, 0) is 24.0 Å². The van der Waals surface area contributed by atoms with Gasteiger partial charge in [0.2, 0.25) is 0 Å². The van der Waals surface area contributed by atoms with Crippen LogP contribution in [-0.4, -0.2) is 51.1 Å². The van der Waals surface area contributed by atoms with Crippen LogP contribution in [0.5, 0.6) is 5.75 Å². The van der Waals surface area contributed by atoms with Crippen LogP contribution >= 0.6 is 0 Å². The van der Waals surface area contributed by atoms with Gasteiger partial charge in [0.25, 0.3) is 5.91 Å². The van der Waals surface area contributed by atoms with Gasteiger partial charge in [0.15, 0.2) is 23.1 Å². The quantitative estimate of drug-likeness (QED) is 0.721. The van der Waals surface area contributed by atoms with Crippen molar-refractivity contribution in [2.24, 2.45) is 0 Å². The highest BCUT2D eigenvalue weighted by Crippen LogP contribution is 2.25. The van der Waals surface area contributed by atoms with E-state index >= 15 is 0 Å². The lowest BCUT2D eigenvalue weighted by atomic mass is 10.0. The molecular weight excluding hydrogens is 346 g/mol. The van der Waals surface area contributed by atoms with Gasteiger partial charge >= 0.3 is 5.97 Å². The molecule has 1 aromatic carbocycles. The molecule has 1 atom stereocenters. The maximum atomic E-state index is 11.7. The lowest BCUT2D eigenvalue weighted by Gasteiger charge is -2.14. The Morgan fingerprint density at radius 2 is 1.96 bits per heavy atom. The number of amides is 1. The number of carbonyl (C=O) groups excluding carboxylic acids is 2. The number of carbonyl (C=O) groups is 2. The highest BCUT2D eigenvalue weighted by atomic mass is 32.2. The summed E-state index contributed by atoms with van der Waals surface area (Å²) in [6, 6.07) is 7.00. The summed E-state index contributed by atoms with van der Waals surface area (Å²) >= 11 is 0. The van der Waals surface area contributed by atoms with Crippen LogP contribution in [0.2, 0.25) is 0 Å². The number of hydrogen-bond acceptors (Lipinski definition) is 6. The van der Waals surface area contributed by atoms with E-state index in [0.29, 0.717) is 12.2 Å². The lowest BCUT2D eigenvalue weighted by Crippen LogP contribution is -2.38. The molecule has 25 heavy (non-hydrogen) atoms. The molecule has 0 aliphatic carbocycles. The summed E-state index contributed by atoms with van der Waals surface area (Å²) < 4.78 is 33.0. The highest BCUT2D eigenvalue weighted by molar-refractivity contribution is 7.91. The van der Waals surface area contributed by atoms with Gasteiger partial charge in [-0.2, -0.15) is 0 Å². The molecule has 1 heterocycles. The van der Waals surface area contributed by atoms with Crippen LogP contribution in [0.3, 0.4) is 0 Å². The number of benzene rings is 1. The fourth-order valence-electron chi connectivity index (χ4n) is 2.59. The normalized spacial score (nSPS) is 18.8. The minimum atomic E-state index is -3.07. The summed E-state index contributed by atoms with van der Waals surface area (Å²) in [6.45, 7) is 3.29. The van der Waals surface area contributed by atoms with E-state index in [4.69, 9.17) is 9.47 Å². The van der Waals surface area contributed by atoms with E-state index in [0.717, 1.165) is 5.56 Å². The number of sulfone groups is 1. The number of rotatable bonds is 7. The molecule has 2 rings (SSSR count). The van der Waals surface area contributed by atoms with Crippen LogP contribution in [0.4, 0.5) is 0 Å². The number of nitrogens with one attached hydrogen (secondary N) is 1. The molecule has 1 aliphatic heterocycles. The van der Waals surface area contributed by atoms with Gasteiger partial charge in [0.05, 0.1) is 11.5 Å². The van der Waals surface area contributed by atoms with Crippen molar-refractivity contribution < 1.29 is 27.5 Å². The molecule has 0 saturated carbocycles. The molecule has 0 radical (unpaired) electrons. The lowest BCUT2D eigenvalue weighted by molar-refractivity contribution is -0.150. The van der Waals surface area contributed by atoms with Crippen LogP contribution in [0.25, 0.3) is 0 Å². The van der Waals surface area contributed by atoms with E-state index in [1.54, 1.807) is 6.07 Å². The number of ether oxygens (including phenoxy) is 2. The van der Waals surface area contributed by atoms with Gasteiger partial charge < -0.3 is 14.8 Å². The molecular formula is C17H23NO6S. The predicted octanol–water partition coefficient (Wildman–Crippen LogP) is 1.04. The summed E-state index contributed by atoms with van der Waals surface area (Å²) in [5.74, 6) is -0.315. The van der Waals surface area contributed by atoms with E-state index < -0.39 is 34.4 Å². The number of hydrogen-bond donors (Lipinski definition) is 1. The number of para-hydroxylation sites is 1. The van der Waals surface area contributed by atoms with E-state index in [9.17, 15) is 18.0 Å². The van der Waals surface area contributed by atoms with Crippen LogP contribution in [0.15, 0.2) is 24.3 Å². The molecule has 138 valence electrons. The Morgan fingerprint density at radius 3 is 2.60 bits per heavy atom. The van der Waals surface area contributed by atoms with Gasteiger partial charge in [-0.25, -0.2) is 13.2 Å². The van der Waals surface area contributed by atoms with Crippen molar-refractivity contribution in [1.29, 1.82) is 0 Å². The van der Waals surface area contributed by atoms with Crippen LogP contribution in [0.1, 0.15) is 31.7 Å². The zero-order valence-corrected chi connectivity index (χ0v) is 15.2. The topological polar surface area (TPSA) is 98.8 Å². The molecule has 0 unspecified atom stereocenters. The van der Waals surface area contributed by atoms with Crippen LogP contribution < -0.4 is 10.1 Å². The Kier molecular flexibility index (Phi) is 6.41. The second kappa shape index (κ2) is 8.33. The first-order valence-electron chi connectivity index (χ1n) is 8.14. The maximum absolute atomic E-state index is 11.7. The van der Waals surface area contributed by atoms with Gasteiger partial charge in [-0.1, -0.05) is 32.0 Å². The summed E-state index contributed by atoms with van der Waals surface area (Å²) in [5, 5.41) is 2.55. The predicted molar refractivity (Wildman–Crippen MR) is 92.2 cm³/mol. The first-order valence-corrected chi connectivity index (χ1v) is 9.96. The number of esters is 1. The van der Waals surface area contributed by atoms with Crippen molar-refractivity contribution in [3.05, 3.63) is 29.8 Å². The molecule has 8 heteroatoms. The molecule has 0 spiro atoms. The Labute approximate surface area is 147 Å². The Morgan fingerprint density at radius 1 is 1.24 bits per heavy atom. The summed E-state index contributed by atoms with van der Waals surface area (Å²) in [4.78, 5) is 23.4. The fourth-order valence-corrected chi connectivity index (χ4v) is 4.26. The zero-order valence-electron chi connectivity index (χ0n) is 14.4. The third-order valence-electron chi connectivity index (χ3n) is 3.85. The summed E-state index contributed by atoms with van der Waals surface area (Å²) in [7, 11) is -3.07. The Bertz CT molecular complexity index is 728. The minimum Gasteiger partial charge on any atom is -0.482 e. The zero-order chi connectivity index (χ0) is 18.4. The fraction of sp³-hybridized carbons (Fsp3) is 0.529. The molecule has 0 aromatic heterocycles. The summed E-state index contributed by atoms with van der Waals surface area (Å²) in [6.07, 6.45) is 0.386. The van der Waals surface area contributed by atoms with Crippen molar-refractivity contribution in [3.8, 4) is 5.75 Å². The molecule has 1 N–H and O–H groups in total. The molecule has 1 saturated heterocycles. The molecule has 1 fully saturated rings. The van der Waals surface area contributed by atoms with Crippen molar-refractivity contribution in [2.45, 2.75) is 32.2 Å². The first kappa shape index (κ1) is 19.2. The highest BCUT2D eigenvalue weighted by Gasteiger charge is 2.29. The van der Waals surface area contributed by atoms with Crippen molar-refractivity contribution in [2.75, 3.05) is 24.7 Å². The monoisotopic (exact) mass is 369 g/mol. The van der Waals surface area contributed by atoms with Gasteiger partial charge in [0, 0.05) is 6.04 Å². The molecule has 1 amide bonds. The van der Waals surface area contributed by atoms with Crippen molar-refractivity contribution >= 4 is 21.7 Å². The smallest absolute Gasteiger partial charge is 0.344 e. The van der Waals surface area contributed by atoms with Gasteiger partial charge in [-0.15, -0.1) is 0 Å². The average Bonchev–Trinajstić information content (AvgIpc) is 2.89.